The second-order valence-corrected chi connectivity index (χ2v) is 7.87. The van der Waals surface area contributed by atoms with Crippen LogP contribution in [-0.2, 0) is 16.1 Å². The van der Waals surface area contributed by atoms with Gasteiger partial charge >= 0.3 is 5.97 Å². The molecule has 2 aromatic rings. The molecule has 7 heteroatoms. The molecular weight excluding hydrogens is 374 g/mol. The van der Waals surface area contributed by atoms with E-state index in [1.807, 2.05) is 35.2 Å². The summed E-state index contributed by atoms with van der Waals surface area (Å²) in [7, 11) is 0. The van der Waals surface area contributed by atoms with Gasteiger partial charge in [-0.15, -0.1) is 11.3 Å². The van der Waals surface area contributed by atoms with Crippen LogP contribution in [-0.4, -0.2) is 40.5 Å². The Balaban J connectivity index is 1.54. The van der Waals surface area contributed by atoms with Gasteiger partial charge in [0.15, 0.2) is 16.9 Å². The van der Waals surface area contributed by atoms with Crippen LogP contribution in [0.3, 0.4) is 0 Å². The maximum atomic E-state index is 12.7. The number of hydrogen-bond donors (Lipinski definition) is 1. The van der Waals surface area contributed by atoms with Crippen molar-refractivity contribution in [1.82, 2.24) is 9.88 Å². The lowest BCUT2D eigenvalue weighted by Gasteiger charge is -2.36. The molecule has 1 N–H and O–H groups in total. The predicted octanol–water partition coefficient (Wildman–Crippen LogP) is 4.09. The highest BCUT2D eigenvalue weighted by molar-refractivity contribution is 7.13. The summed E-state index contributed by atoms with van der Waals surface area (Å²) in [5, 5.41) is 5.51. The summed E-state index contributed by atoms with van der Waals surface area (Å²) in [6.45, 7) is 5.10. The summed E-state index contributed by atoms with van der Waals surface area (Å²) in [6, 6.07) is 10.2. The zero-order chi connectivity index (χ0) is 19.9. The molecule has 3 rings (SSSR count). The molecule has 1 fully saturated rings. The number of aromatic nitrogens is 1. The van der Waals surface area contributed by atoms with Crippen LogP contribution in [0.4, 0.5) is 5.13 Å². The number of amides is 1. The third-order valence-electron chi connectivity index (χ3n) is 5.01. The van der Waals surface area contributed by atoms with Crippen molar-refractivity contribution in [2.75, 3.05) is 11.9 Å². The highest BCUT2D eigenvalue weighted by atomic mass is 32.1. The van der Waals surface area contributed by atoms with Gasteiger partial charge in [0.1, 0.15) is 0 Å². The molecule has 0 bridgehead atoms. The van der Waals surface area contributed by atoms with Gasteiger partial charge in [-0.3, -0.25) is 4.79 Å². The van der Waals surface area contributed by atoms with E-state index in [1.165, 1.54) is 11.3 Å². The zero-order valence-corrected chi connectivity index (χ0v) is 17.2. The predicted molar refractivity (Wildman–Crippen MR) is 110 cm³/mol. The van der Waals surface area contributed by atoms with Crippen LogP contribution < -0.4 is 5.32 Å². The molecule has 6 nitrogen and oxygen atoms in total. The first-order chi connectivity index (χ1) is 13.6. The molecule has 0 saturated carbocycles. The molecule has 28 heavy (non-hydrogen) atoms. The maximum Gasteiger partial charge on any atom is 0.358 e. The highest BCUT2D eigenvalue weighted by Gasteiger charge is 2.31. The fourth-order valence-corrected chi connectivity index (χ4v) is 4.12. The number of thiazole rings is 1. The van der Waals surface area contributed by atoms with Gasteiger partial charge in [-0.2, -0.15) is 0 Å². The van der Waals surface area contributed by atoms with Crippen LogP contribution in [0.5, 0.6) is 0 Å². The van der Waals surface area contributed by atoms with Crippen LogP contribution in [0.1, 0.15) is 55.6 Å². The largest absolute Gasteiger partial charge is 0.448 e. The average Bonchev–Trinajstić information content (AvgIpc) is 3.21. The molecule has 0 aliphatic carbocycles. The first kappa shape index (κ1) is 20.3. The number of anilines is 1. The van der Waals surface area contributed by atoms with Crippen molar-refractivity contribution in [1.29, 1.82) is 0 Å². The van der Waals surface area contributed by atoms with Gasteiger partial charge in [0.25, 0.3) is 5.91 Å². The molecule has 2 atom stereocenters. The van der Waals surface area contributed by atoms with Crippen molar-refractivity contribution in [3.8, 4) is 0 Å². The van der Waals surface area contributed by atoms with Crippen molar-refractivity contribution in [2.24, 2.45) is 0 Å². The summed E-state index contributed by atoms with van der Waals surface area (Å²) < 4.78 is 5.41. The van der Waals surface area contributed by atoms with Gasteiger partial charge in [0, 0.05) is 24.5 Å². The smallest absolute Gasteiger partial charge is 0.358 e. The van der Waals surface area contributed by atoms with Gasteiger partial charge in [-0.25, -0.2) is 9.78 Å². The number of esters is 1. The summed E-state index contributed by atoms with van der Waals surface area (Å²) >= 11 is 1.35. The van der Waals surface area contributed by atoms with Gasteiger partial charge in [-0.1, -0.05) is 37.3 Å². The lowest BCUT2D eigenvalue weighted by atomic mass is 9.99. The third kappa shape index (κ3) is 5.10. The van der Waals surface area contributed by atoms with E-state index in [0.29, 0.717) is 11.7 Å². The average molecular weight is 402 g/mol. The number of carbonyl (C=O) groups is 2. The molecule has 150 valence electrons. The molecule has 1 aliphatic rings. The number of ether oxygens (including phenoxy) is 1. The second kappa shape index (κ2) is 9.68. The first-order valence-electron chi connectivity index (χ1n) is 9.83. The number of hydrogen-bond acceptors (Lipinski definition) is 6. The Labute approximate surface area is 169 Å². The zero-order valence-electron chi connectivity index (χ0n) is 16.4. The van der Waals surface area contributed by atoms with Crippen molar-refractivity contribution in [3.05, 3.63) is 47.0 Å². The minimum atomic E-state index is -0.804. The van der Waals surface area contributed by atoms with E-state index in [2.05, 4.69) is 17.2 Å². The number of nitrogens with zero attached hydrogens (tertiary/aromatic N) is 2. The van der Waals surface area contributed by atoms with E-state index in [4.69, 9.17) is 4.74 Å². The van der Waals surface area contributed by atoms with Crippen LogP contribution in [0, 0.1) is 0 Å². The quantitative estimate of drug-likeness (QED) is 0.708. The molecule has 1 aromatic heterocycles. The molecule has 2 unspecified atom stereocenters. The topological polar surface area (TPSA) is 71.5 Å². The van der Waals surface area contributed by atoms with Crippen molar-refractivity contribution in [3.63, 3.8) is 0 Å². The van der Waals surface area contributed by atoms with E-state index < -0.39 is 12.1 Å². The molecule has 1 aromatic carbocycles. The molecule has 2 heterocycles. The van der Waals surface area contributed by atoms with Crippen LogP contribution in [0.2, 0.25) is 0 Å². The third-order valence-corrected chi connectivity index (χ3v) is 5.81. The van der Waals surface area contributed by atoms with E-state index in [9.17, 15) is 9.59 Å². The number of likely N-dealkylation sites (tertiary alicyclic amines) is 1. The number of rotatable bonds is 7. The van der Waals surface area contributed by atoms with E-state index in [-0.39, 0.29) is 17.6 Å². The molecule has 0 spiro atoms. The van der Waals surface area contributed by atoms with Crippen LogP contribution >= 0.6 is 11.3 Å². The Morgan fingerprint density at radius 2 is 2.11 bits per heavy atom. The van der Waals surface area contributed by atoms with Gasteiger partial charge in [-0.05, 0) is 38.2 Å². The fraction of sp³-hybridized carbons (Fsp3) is 0.476. The Morgan fingerprint density at radius 1 is 1.32 bits per heavy atom. The Bertz CT molecular complexity index is 793. The summed E-state index contributed by atoms with van der Waals surface area (Å²) in [5.74, 6) is -0.674. The summed E-state index contributed by atoms with van der Waals surface area (Å²) in [4.78, 5) is 31.3. The molecular formula is C21H27N3O3S. The van der Waals surface area contributed by atoms with Crippen molar-refractivity contribution >= 4 is 28.3 Å². The highest BCUT2D eigenvalue weighted by Crippen LogP contribution is 2.22. The monoisotopic (exact) mass is 401 g/mol. The van der Waals surface area contributed by atoms with Crippen molar-refractivity contribution in [2.45, 2.75) is 58.2 Å². The van der Waals surface area contributed by atoms with Gasteiger partial charge < -0.3 is 15.0 Å². The first-order valence-corrected chi connectivity index (χ1v) is 10.7. The van der Waals surface area contributed by atoms with E-state index >= 15 is 0 Å². The number of carbonyl (C=O) groups excluding carboxylic acids is 2. The normalized spacial score (nSPS) is 17.8. The number of benzene rings is 1. The fourth-order valence-electron chi connectivity index (χ4n) is 3.44. The standard InChI is InChI=1S/C21H27N3O3S/c1-3-17-11-7-8-12-24(17)19(25)15(2)27-20(26)18-14-28-21(23-18)22-13-16-9-5-4-6-10-16/h4-6,9-10,14-15,17H,3,7-8,11-13H2,1-2H3,(H,22,23). The van der Waals surface area contributed by atoms with Crippen LogP contribution in [0.15, 0.2) is 35.7 Å². The molecule has 1 saturated heterocycles. The lowest BCUT2D eigenvalue weighted by molar-refractivity contribution is -0.143. The van der Waals surface area contributed by atoms with E-state index in [1.54, 1.807) is 12.3 Å². The second-order valence-electron chi connectivity index (χ2n) is 7.01. The number of piperidine rings is 1. The summed E-state index contributed by atoms with van der Waals surface area (Å²) in [5.41, 5.74) is 1.36. The Morgan fingerprint density at radius 3 is 2.86 bits per heavy atom. The Kier molecular flexibility index (Phi) is 7.03. The Hall–Kier alpha value is -2.41. The molecule has 0 radical (unpaired) electrons. The SMILES string of the molecule is CCC1CCCCN1C(=O)C(C)OC(=O)c1csc(NCc2ccccc2)n1. The lowest BCUT2D eigenvalue weighted by Crippen LogP contribution is -2.48. The van der Waals surface area contributed by atoms with Crippen LogP contribution in [0.25, 0.3) is 0 Å². The van der Waals surface area contributed by atoms with Crippen molar-refractivity contribution < 1.29 is 14.3 Å². The minimum absolute atomic E-state index is 0.113. The van der Waals surface area contributed by atoms with Gasteiger partial charge in [0.2, 0.25) is 0 Å². The number of nitrogens with one attached hydrogen (secondary N) is 1. The molecule has 1 amide bonds. The van der Waals surface area contributed by atoms with E-state index in [0.717, 1.165) is 37.8 Å². The molecule has 1 aliphatic heterocycles. The minimum Gasteiger partial charge on any atom is -0.448 e. The van der Waals surface area contributed by atoms with Gasteiger partial charge in [0.05, 0.1) is 0 Å². The maximum absolute atomic E-state index is 12.7. The summed E-state index contributed by atoms with van der Waals surface area (Å²) in [6.07, 6.45) is 3.29.